The molecule has 2 atom stereocenters. The van der Waals surface area contributed by atoms with Crippen LogP contribution in [0, 0.1) is 5.82 Å². The Morgan fingerprint density at radius 1 is 1.11 bits per heavy atom. The largest absolute Gasteiger partial charge is 0.494 e. The third-order valence-electron chi connectivity index (χ3n) is 4.14. The number of methoxy groups -OCH3 is 1. The summed E-state index contributed by atoms with van der Waals surface area (Å²) in [5.41, 5.74) is 1.21. The van der Waals surface area contributed by atoms with E-state index >= 15 is 0 Å². The van der Waals surface area contributed by atoms with Crippen molar-refractivity contribution in [3.05, 3.63) is 65.5 Å². The molecule has 5 nitrogen and oxygen atoms in total. The van der Waals surface area contributed by atoms with E-state index < -0.39 is 23.8 Å². The molecule has 2 aromatic rings. The van der Waals surface area contributed by atoms with E-state index in [9.17, 15) is 14.0 Å². The number of rotatable bonds is 8. The molecule has 144 valence electrons. The maximum Gasteiger partial charge on any atom is 0.339 e. The van der Waals surface area contributed by atoms with Gasteiger partial charge in [0, 0.05) is 6.04 Å². The van der Waals surface area contributed by atoms with Gasteiger partial charge in [-0.1, -0.05) is 30.3 Å². The van der Waals surface area contributed by atoms with Gasteiger partial charge in [0.05, 0.1) is 12.7 Å². The number of ether oxygens (including phenoxy) is 2. The van der Waals surface area contributed by atoms with E-state index in [1.807, 2.05) is 37.3 Å². The van der Waals surface area contributed by atoms with Crippen LogP contribution in [0.1, 0.15) is 36.2 Å². The zero-order chi connectivity index (χ0) is 19.8. The van der Waals surface area contributed by atoms with Crippen LogP contribution in [-0.2, 0) is 16.0 Å². The lowest BCUT2D eigenvalue weighted by Gasteiger charge is -2.18. The second kappa shape index (κ2) is 9.71. The Hall–Kier alpha value is -2.89. The van der Waals surface area contributed by atoms with Gasteiger partial charge in [-0.05, 0) is 50.5 Å². The van der Waals surface area contributed by atoms with Gasteiger partial charge < -0.3 is 14.8 Å². The van der Waals surface area contributed by atoms with Gasteiger partial charge in [-0.3, -0.25) is 4.79 Å². The van der Waals surface area contributed by atoms with Crippen LogP contribution in [0.5, 0.6) is 5.75 Å². The Morgan fingerprint density at radius 3 is 2.44 bits per heavy atom. The second-order valence-corrected chi connectivity index (χ2v) is 6.33. The summed E-state index contributed by atoms with van der Waals surface area (Å²) in [6.45, 7) is 3.38. The van der Waals surface area contributed by atoms with Crippen molar-refractivity contribution in [3.8, 4) is 5.75 Å². The van der Waals surface area contributed by atoms with Gasteiger partial charge in [0.25, 0.3) is 5.91 Å². The molecule has 0 aliphatic heterocycles. The molecule has 0 aliphatic carbocycles. The molecular formula is C21H24FNO4. The number of carbonyl (C=O) groups is 2. The van der Waals surface area contributed by atoms with Crippen LogP contribution in [0.4, 0.5) is 4.39 Å². The molecule has 0 spiro atoms. The third kappa shape index (κ3) is 6.09. The van der Waals surface area contributed by atoms with E-state index in [1.165, 1.54) is 31.7 Å². The molecule has 27 heavy (non-hydrogen) atoms. The lowest BCUT2D eigenvalue weighted by Crippen LogP contribution is -2.41. The minimum Gasteiger partial charge on any atom is -0.494 e. The van der Waals surface area contributed by atoms with Gasteiger partial charge in [0.2, 0.25) is 0 Å². The van der Waals surface area contributed by atoms with E-state index in [1.54, 1.807) is 0 Å². The molecule has 0 saturated heterocycles. The average Bonchev–Trinajstić information content (AvgIpc) is 2.67. The van der Waals surface area contributed by atoms with Gasteiger partial charge in [0.1, 0.15) is 0 Å². The van der Waals surface area contributed by atoms with Crippen LogP contribution >= 0.6 is 0 Å². The maximum atomic E-state index is 13.7. The highest BCUT2D eigenvalue weighted by molar-refractivity contribution is 5.92. The summed E-state index contributed by atoms with van der Waals surface area (Å²) in [7, 11) is 1.34. The minimum atomic E-state index is -0.984. The Balaban J connectivity index is 1.83. The van der Waals surface area contributed by atoms with Crippen LogP contribution in [0.3, 0.4) is 0 Å². The number of carbonyl (C=O) groups excluding carboxylic acids is 2. The molecular weight excluding hydrogens is 349 g/mol. The highest BCUT2D eigenvalue weighted by Gasteiger charge is 2.21. The number of nitrogens with one attached hydrogen (secondary N) is 1. The third-order valence-corrected chi connectivity index (χ3v) is 4.14. The number of esters is 1. The highest BCUT2D eigenvalue weighted by Crippen LogP contribution is 2.18. The first-order valence-electron chi connectivity index (χ1n) is 8.79. The fourth-order valence-electron chi connectivity index (χ4n) is 2.54. The number of aryl methyl sites for hydroxylation is 1. The summed E-state index contributed by atoms with van der Waals surface area (Å²) in [5.74, 6) is -1.79. The Labute approximate surface area is 158 Å². The minimum absolute atomic E-state index is 0.0186. The summed E-state index contributed by atoms with van der Waals surface area (Å²) in [6, 6.07) is 13.6. The second-order valence-electron chi connectivity index (χ2n) is 6.33. The molecule has 0 saturated carbocycles. The van der Waals surface area contributed by atoms with E-state index in [0.717, 1.165) is 18.9 Å². The molecule has 0 unspecified atom stereocenters. The van der Waals surface area contributed by atoms with Crippen LogP contribution in [0.25, 0.3) is 0 Å². The molecule has 2 rings (SSSR count). The number of hydrogen-bond acceptors (Lipinski definition) is 4. The first kappa shape index (κ1) is 20.4. The van der Waals surface area contributed by atoms with Crippen LogP contribution in [-0.4, -0.2) is 31.1 Å². The van der Waals surface area contributed by atoms with Gasteiger partial charge >= 0.3 is 5.97 Å². The molecule has 0 bridgehead atoms. The normalized spacial score (nSPS) is 12.7. The maximum absolute atomic E-state index is 13.7. The number of benzene rings is 2. The Kier molecular flexibility index (Phi) is 7.34. The molecule has 1 amide bonds. The standard InChI is InChI=1S/C21H24FNO4/c1-14(9-10-16-7-5-4-6-8-16)23-20(24)15(2)27-21(25)17-11-12-19(26-3)18(22)13-17/h4-8,11-15H,9-10H2,1-3H3,(H,23,24)/t14-,15+/m0/s1. The number of halogens is 1. The topological polar surface area (TPSA) is 64.6 Å². The van der Waals surface area contributed by atoms with Crippen LogP contribution in [0.2, 0.25) is 0 Å². The van der Waals surface area contributed by atoms with Crippen molar-refractivity contribution in [1.82, 2.24) is 5.32 Å². The van der Waals surface area contributed by atoms with Gasteiger partial charge in [-0.2, -0.15) is 0 Å². The molecule has 0 aliphatic rings. The van der Waals surface area contributed by atoms with E-state index in [2.05, 4.69) is 5.32 Å². The van der Waals surface area contributed by atoms with Crippen molar-refractivity contribution >= 4 is 11.9 Å². The van der Waals surface area contributed by atoms with Gasteiger partial charge in [0.15, 0.2) is 17.7 Å². The molecule has 0 radical (unpaired) electrons. The summed E-state index contributed by atoms with van der Waals surface area (Å²) >= 11 is 0. The molecule has 0 fully saturated rings. The van der Waals surface area contributed by atoms with Crippen molar-refractivity contribution in [3.63, 3.8) is 0 Å². The fraction of sp³-hybridized carbons (Fsp3) is 0.333. The van der Waals surface area contributed by atoms with Crippen LogP contribution in [0.15, 0.2) is 48.5 Å². The first-order valence-corrected chi connectivity index (χ1v) is 8.79. The van der Waals surface area contributed by atoms with E-state index in [0.29, 0.717) is 0 Å². The molecule has 2 aromatic carbocycles. The summed E-state index contributed by atoms with van der Waals surface area (Å²) < 4.78 is 23.6. The van der Waals surface area contributed by atoms with Gasteiger partial charge in [-0.15, -0.1) is 0 Å². The predicted octanol–water partition coefficient (Wildman–Crippen LogP) is 3.52. The smallest absolute Gasteiger partial charge is 0.339 e. The summed E-state index contributed by atoms with van der Waals surface area (Å²) in [6.07, 6.45) is 0.614. The van der Waals surface area contributed by atoms with E-state index in [-0.39, 0.29) is 17.4 Å². The lowest BCUT2D eigenvalue weighted by molar-refractivity contribution is -0.129. The predicted molar refractivity (Wildman–Crippen MR) is 100 cm³/mol. The number of hydrogen-bond donors (Lipinski definition) is 1. The summed E-state index contributed by atoms with van der Waals surface area (Å²) in [5, 5.41) is 2.83. The van der Waals surface area contributed by atoms with Crippen molar-refractivity contribution in [2.45, 2.75) is 38.8 Å². The first-order chi connectivity index (χ1) is 12.9. The van der Waals surface area contributed by atoms with E-state index in [4.69, 9.17) is 9.47 Å². The average molecular weight is 373 g/mol. The zero-order valence-electron chi connectivity index (χ0n) is 15.7. The SMILES string of the molecule is COc1ccc(C(=O)O[C@H](C)C(=O)N[C@@H](C)CCc2ccccc2)cc1F. The number of amides is 1. The fourth-order valence-corrected chi connectivity index (χ4v) is 2.54. The quantitative estimate of drug-likeness (QED) is 0.719. The monoisotopic (exact) mass is 373 g/mol. The van der Waals surface area contributed by atoms with Crippen molar-refractivity contribution in [1.29, 1.82) is 0 Å². The van der Waals surface area contributed by atoms with Crippen molar-refractivity contribution in [2.24, 2.45) is 0 Å². The molecule has 1 N–H and O–H groups in total. The van der Waals surface area contributed by atoms with Crippen LogP contribution < -0.4 is 10.1 Å². The highest BCUT2D eigenvalue weighted by atomic mass is 19.1. The van der Waals surface area contributed by atoms with Crippen molar-refractivity contribution in [2.75, 3.05) is 7.11 Å². The molecule has 0 aromatic heterocycles. The summed E-state index contributed by atoms with van der Waals surface area (Å²) in [4.78, 5) is 24.3. The molecule has 0 heterocycles. The lowest BCUT2D eigenvalue weighted by atomic mass is 10.1. The zero-order valence-corrected chi connectivity index (χ0v) is 15.7. The molecule has 6 heteroatoms. The van der Waals surface area contributed by atoms with Gasteiger partial charge in [-0.25, -0.2) is 9.18 Å². The Morgan fingerprint density at radius 2 is 1.81 bits per heavy atom. The van der Waals surface area contributed by atoms with Crippen molar-refractivity contribution < 1.29 is 23.5 Å². The Bertz CT molecular complexity index is 779.